The van der Waals surface area contributed by atoms with Crippen LogP contribution in [0.2, 0.25) is 5.02 Å². The van der Waals surface area contributed by atoms with Crippen molar-refractivity contribution in [1.82, 2.24) is 14.9 Å². The summed E-state index contributed by atoms with van der Waals surface area (Å²) < 4.78 is 0. The normalized spacial score (nSPS) is 20.1. The molecule has 0 radical (unpaired) electrons. The third kappa shape index (κ3) is 3.73. The maximum atomic E-state index is 12.8. The Morgan fingerprint density at radius 3 is 2.79 bits per heavy atom. The second-order valence-corrected chi connectivity index (χ2v) is 7.39. The smallest absolute Gasteiger partial charge is 0.249 e. The number of nitrogens with zero attached hydrogens (tertiary/aromatic N) is 5. The largest absolute Gasteiger partial charge is 0.358 e. The lowest BCUT2D eigenvalue weighted by atomic mass is 10.2. The van der Waals surface area contributed by atoms with Crippen molar-refractivity contribution < 1.29 is 9.59 Å². The SMILES string of the molecule is CN1CCN(c2cc(NC3CCN(c4cccc(Cl)c4)C3=O)ncn2)CC1=O. The molecule has 4 rings (SSSR count). The minimum absolute atomic E-state index is 0.0165. The number of carbonyl (C=O) groups is 2. The van der Waals surface area contributed by atoms with Crippen LogP contribution in [-0.2, 0) is 9.59 Å². The van der Waals surface area contributed by atoms with Crippen LogP contribution in [-0.4, -0.2) is 66.0 Å². The van der Waals surface area contributed by atoms with Crippen molar-refractivity contribution >= 4 is 40.7 Å². The van der Waals surface area contributed by atoms with Crippen molar-refractivity contribution in [2.45, 2.75) is 12.5 Å². The van der Waals surface area contributed by atoms with Gasteiger partial charge in [-0.15, -0.1) is 0 Å². The van der Waals surface area contributed by atoms with E-state index in [1.165, 1.54) is 6.33 Å². The molecule has 2 saturated heterocycles. The van der Waals surface area contributed by atoms with Gasteiger partial charge in [-0.25, -0.2) is 9.97 Å². The summed E-state index contributed by atoms with van der Waals surface area (Å²) in [6, 6.07) is 8.70. The number of piperazine rings is 1. The minimum Gasteiger partial charge on any atom is -0.358 e. The Morgan fingerprint density at radius 2 is 2.00 bits per heavy atom. The van der Waals surface area contributed by atoms with Gasteiger partial charge in [0.15, 0.2) is 0 Å². The molecule has 0 aliphatic carbocycles. The molecule has 1 atom stereocenters. The number of hydrogen-bond acceptors (Lipinski definition) is 6. The summed E-state index contributed by atoms with van der Waals surface area (Å²) in [5.74, 6) is 1.29. The van der Waals surface area contributed by atoms with Crippen molar-refractivity contribution in [3.63, 3.8) is 0 Å². The van der Waals surface area contributed by atoms with Crippen LogP contribution in [0.15, 0.2) is 36.7 Å². The molecule has 2 aromatic rings. The summed E-state index contributed by atoms with van der Waals surface area (Å²) in [7, 11) is 1.80. The lowest BCUT2D eigenvalue weighted by molar-refractivity contribution is -0.129. The van der Waals surface area contributed by atoms with E-state index in [1.807, 2.05) is 17.0 Å². The first-order valence-electron chi connectivity index (χ1n) is 9.16. The Bertz CT molecular complexity index is 907. The fourth-order valence-electron chi connectivity index (χ4n) is 3.45. The molecule has 0 saturated carbocycles. The number of halogens is 1. The predicted molar refractivity (Wildman–Crippen MR) is 108 cm³/mol. The van der Waals surface area contributed by atoms with Gasteiger partial charge in [0.25, 0.3) is 0 Å². The zero-order chi connectivity index (χ0) is 19.7. The molecule has 1 N–H and O–H groups in total. The molecule has 2 fully saturated rings. The molecule has 1 aromatic carbocycles. The molecule has 8 nitrogen and oxygen atoms in total. The zero-order valence-electron chi connectivity index (χ0n) is 15.5. The van der Waals surface area contributed by atoms with Crippen molar-refractivity contribution in [1.29, 1.82) is 0 Å². The Kier molecular flexibility index (Phi) is 5.04. The first-order valence-corrected chi connectivity index (χ1v) is 9.53. The maximum Gasteiger partial charge on any atom is 0.249 e. The van der Waals surface area contributed by atoms with Gasteiger partial charge >= 0.3 is 0 Å². The summed E-state index contributed by atoms with van der Waals surface area (Å²) in [6.07, 6.45) is 2.12. The van der Waals surface area contributed by atoms with E-state index in [0.29, 0.717) is 42.7 Å². The highest BCUT2D eigenvalue weighted by Crippen LogP contribution is 2.26. The van der Waals surface area contributed by atoms with Crippen LogP contribution in [0.25, 0.3) is 0 Å². The number of likely N-dealkylation sites (N-methyl/N-ethyl adjacent to an activating group) is 1. The van der Waals surface area contributed by atoms with E-state index >= 15 is 0 Å². The Morgan fingerprint density at radius 1 is 1.14 bits per heavy atom. The van der Waals surface area contributed by atoms with Crippen molar-refractivity contribution in [3.8, 4) is 0 Å². The second-order valence-electron chi connectivity index (χ2n) is 6.95. The monoisotopic (exact) mass is 400 g/mol. The third-order valence-corrected chi connectivity index (χ3v) is 5.32. The number of benzene rings is 1. The van der Waals surface area contributed by atoms with Crippen LogP contribution in [0.4, 0.5) is 17.3 Å². The van der Waals surface area contributed by atoms with E-state index in [9.17, 15) is 9.59 Å². The maximum absolute atomic E-state index is 12.8. The fourth-order valence-corrected chi connectivity index (χ4v) is 3.63. The molecule has 3 heterocycles. The summed E-state index contributed by atoms with van der Waals surface area (Å²) in [5.41, 5.74) is 0.793. The van der Waals surface area contributed by atoms with Crippen LogP contribution >= 0.6 is 11.6 Å². The topological polar surface area (TPSA) is 81.7 Å². The standard InChI is InChI=1S/C19H21ClN6O2/c1-24-7-8-25(11-18(24)27)17-10-16(21-12-22-17)23-15-5-6-26(19(15)28)14-4-2-3-13(20)9-14/h2-4,9-10,12,15H,5-8,11H2,1H3,(H,21,22,23). The number of nitrogens with one attached hydrogen (secondary N) is 1. The van der Waals surface area contributed by atoms with Gasteiger partial charge < -0.3 is 20.0 Å². The van der Waals surface area contributed by atoms with Gasteiger partial charge in [-0.1, -0.05) is 17.7 Å². The van der Waals surface area contributed by atoms with E-state index in [0.717, 1.165) is 5.69 Å². The molecule has 0 bridgehead atoms. The Hall–Kier alpha value is -2.87. The highest BCUT2D eigenvalue weighted by atomic mass is 35.5. The fraction of sp³-hybridized carbons (Fsp3) is 0.368. The van der Waals surface area contributed by atoms with E-state index in [1.54, 1.807) is 35.0 Å². The van der Waals surface area contributed by atoms with Gasteiger partial charge in [0.2, 0.25) is 11.8 Å². The highest BCUT2D eigenvalue weighted by molar-refractivity contribution is 6.31. The molecule has 2 aliphatic heterocycles. The van der Waals surface area contributed by atoms with Crippen LogP contribution in [0.3, 0.4) is 0 Å². The van der Waals surface area contributed by atoms with Gasteiger partial charge in [0.05, 0.1) is 6.54 Å². The van der Waals surface area contributed by atoms with Crippen LogP contribution < -0.4 is 15.1 Å². The molecule has 1 aromatic heterocycles. The molecular formula is C19H21ClN6O2. The van der Waals surface area contributed by atoms with Crippen LogP contribution in [0.1, 0.15) is 6.42 Å². The molecule has 0 spiro atoms. The summed E-state index contributed by atoms with van der Waals surface area (Å²) in [5, 5.41) is 3.81. The van der Waals surface area contributed by atoms with Gasteiger partial charge in [0.1, 0.15) is 24.0 Å². The average Bonchev–Trinajstić information content (AvgIpc) is 3.04. The van der Waals surface area contributed by atoms with Gasteiger partial charge in [-0.05, 0) is 24.6 Å². The van der Waals surface area contributed by atoms with E-state index < -0.39 is 0 Å². The summed E-state index contributed by atoms with van der Waals surface area (Å²) in [6.45, 7) is 2.27. The minimum atomic E-state index is -0.365. The number of aromatic nitrogens is 2. The quantitative estimate of drug-likeness (QED) is 0.840. The highest BCUT2D eigenvalue weighted by Gasteiger charge is 2.33. The number of anilines is 3. The first kappa shape index (κ1) is 18.5. The zero-order valence-corrected chi connectivity index (χ0v) is 16.3. The molecule has 9 heteroatoms. The van der Waals surface area contributed by atoms with E-state index in [-0.39, 0.29) is 24.4 Å². The molecule has 146 valence electrons. The molecule has 28 heavy (non-hydrogen) atoms. The summed E-state index contributed by atoms with van der Waals surface area (Å²) in [4.78, 5) is 38.6. The number of amides is 2. The second kappa shape index (κ2) is 7.63. The van der Waals surface area contributed by atoms with Crippen molar-refractivity contribution in [2.24, 2.45) is 0 Å². The average molecular weight is 401 g/mol. The third-order valence-electron chi connectivity index (χ3n) is 5.08. The number of hydrogen-bond donors (Lipinski definition) is 1. The lowest BCUT2D eigenvalue weighted by Crippen LogP contribution is -2.48. The predicted octanol–water partition coefficient (Wildman–Crippen LogP) is 1.63. The van der Waals surface area contributed by atoms with E-state index in [4.69, 9.17) is 11.6 Å². The molecule has 2 aliphatic rings. The molecule has 2 amide bonds. The van der Waals surface area contributed by atoms with Gasteiger partial charge in [-0.2, -0.15) is 0 Å². The lowest BCUT2D eigenvalue weighted by Gasteiger charge is -2.32. The van der Waals surface area contributed by atoms with Crippen LogP contribution in [0.5, 0.6) is 0 Å². The summed E-state index contributed by atoms with van der Waals surface area (Å²) >= 11 is 6.05. The van der Waals surface area contributed by atoms with Gasteiger partial charge in [-0.3, -0.25) is 9.59 Å². The Balaban J connectivity index is 1.45. The molecule has 1 unspecified atom stereocenters. The van der Waals surface area contributed by atoms with E-state index in [2.05, 4.69) is 15.3 Å². The number of carbonyl (C=O) groups excluding carboxylic acids is 2. The first-order chi connectivity index (χ1) is 13.5. The van der Waals surface area contributed by atoms with Gasteiger partial charge in [0, 0.05) is 43.5 Å². The molecular weight excluding hydrogens is 380 g/mol. The van der Waals surface area contributed by atoms with Crippen molar-refractivity contribution in [2.75, 3.05) is 48.3 Å². The Labute approximate surface area is 168 Å². The van der Waals surface area contributed by atoms with Crippen LogP contribution in [0, 0.1) is 0 Å². The van der Waals surface area contributed by atoms with Crippen molar-refractivity contribution in [3.05, 3.63) is 41.7 Å². The number of rotatable bonds is 4.